The second-order valence-corrected chi connectivity index (χ2v) is 7.77. The average molecular weight is 320 g/mol. The predicted octanol–water partition coefficient (Wildman–Crippen LogP) is 4.49. The molecule has 0 aromatic heterocycles. The minimum absolute atomic E-state index is 0.490. The maximum atomic E-state index is 3.54. The molecule has 2 aromatic carbocycles. The quantitative estimate of drug-likeness (QED) is 0.896. The van der Waals surface area contributed by atoms with Crippen molar-refractivity contribution in [2.45, 2.75) is 38.8 Å². The lowest BCUT2D eigenvalue weighted by Crippen LogP contribution is -2.63. The lowest BCUT2D eigenvalue weighted by Gasteiger charge is -2.61. The zero-order chi connectivity index (χ0) is 16.6. The lowest BCUT2D eigenvalue weighted by molar-refractivity contribution is -0.113. The fourth-order valence-corrected chi connectivity index (χ4v) is 4.65. The van der Waals surface area contributed by atoms with E-state index in [0.717, 1.165) is 0 Å². The second-order valence-electron chi connectivity index (χ2n) is 7.77. The van der Waals surface area contributed by atoms with Gasteiger partial charge in [0.1, 0.15) is 0 Å². The first-order valence-electron chi connectivity index (χ1n) is 9.31. The van der Waals surface area contributed by atoms with E-state index in [1.54, 1.807) is 0 Å². The van der Waals surface area contributed by atoms with Crippen molar-refractivity contribution in [1.29, 1.82) is 0 Å². The Kier molecular flexibility index (Phi) is 4.19. The van der Waals surface area contributed by atoms with Gasteiger partial charge in [0, 0.05) is 24.0 Å². The molecule has 0 aliphatic carbocycles. The molecule has 1 atom stereocenters. The molecular weight excluding hydrogens is 292 g/mol. The standard InChI is InChI=1S/C22H28N2/c1-17(2)24-16-22(12-14-23-15-13-22)21(24)20-10-8-19(9-11-20)18-6-4-3-5-7-18/h3-11,17,21,23H,12-16H2,1-2H3. The van der Waals surface area contributed by atoms with Crippen molar-refractivity contribution in [3.63, 3.8) is 0 Å². The topological polar surface area (TPSA) is 15.3 Å². The summed E-state index contributed by atoms with van der Waals surface area (Å²) in [5, 5.41) is 3.54. The van der Waals surface area contributed by atoms with Crippen LogP contribution < -0.4 is 5.32 Å². The van der Waals surface area contributed by atoms with Crippen molar-refractivity contribution in [3.05, 3.63) is 60.2 Å². The smallest absolute Gasteiger partial charge is 0.0420 e. The molecule has 0 saturated carbocycles. The SMILES string of the molecule is CC(C)N1CC2(CCNCC2)C1c1ccc(-c2ccccc2)cc1. The zero-order valence-corrected chi connectivity index (χ0v) is 14.8. The van der Waals surface area contributed by atoms with Crippen molar-refractivity contribution >= 4 is 0 Å². The first-order chi connectivity index (χ1) is 11.7. The molecule has 1 unspecified atom stereocenters. The van der Waals surface area contributed by atoms with Crippen molar-refractivity contribution in [3.8, 4) is 11.1 Å². The van der Waals surface area contributed by atoms with E-state index in [-0.39, 0.29) is 0 Å². The summed E-state index contributed by atoms with van der Waals surface area (Å²) in [5.74, 6) is 0. The summed E-state index contributed by atoms with van der Waals surface area (Å²) in [6.45, 7) is 8.27. The van der Waals surface area contributed by atoms with Gasteiger partial charge in [-0.1, -0.05) is 54.6 Å². The van der Waals surface area contributed by atoms with Gasteiger partial charge >= 0.3 is 0 Å². The summed E-state index contributed by atoms with van der Waals surface area (Å²) in [5.41, 5.74) is 4.60. The first-order valence-corrected chi connectivity index (χ1v) is 9.31. The zero-order valence-electron chi connectivity index (χ0n) is 14.8. The highest BCUT2D eigenvalue weighted by molar-refractivity contribution is 5.63. The second kappa shape index (κ2) is 6.34. The molecule has 2 fully saturated rings. The number of nitrogens with zero attached hydrogens (tertiary/aromatic N) is 1. The van der Waals surface area contributed by atoms with Gasteiger partial charge in [0.25, 0.3) is 0 Å². The Bertz CT molecular complexity index is 669. The molecule has 0 radical (unpaired) electrons. The van der Waals surface area contributed by atoms with E-state index in [1.165, 1.54) is 49.2 Å². The Morgan fingerprint density at radius 1 is 0.917 bits per heavy atom. The first kappa shape index (κ1) is 15.9. The van der Waals surface area contributed by atoms with Crippen molar-refractivity contribution in [2.24, 2.45) is 5.41 Å². The monoisotopic (exact) mass is 320 g/mol. The van der Waals surface area contributed by atoms with Crippen LogP contribution in [0.1, 0.15) is 38.3 Å². The van der Waals surface area contributed by atoms with Gasteiger partial charge < -0.3 is 5.32 Å². The van der Waals surface area contributed by atoms with Crippen LogP contribution in [0.3, 0.4) is 0 Å². The van der Waals surface area contributed by atoms with Crippen molar-refractivity contribution < 1.29 is 0 Å². The normalized spacial score (nSPS) is 23.4. The average Bonchev–Trinajstić information content (AvgIpc) is 2.62. The maximum Gasteiger partial charge on any atom is 0.0420 e. The van der Waals surface area contributed by atoms with Crippen LogP contribution in [0.5, 0.6) is 0 Å². The Labute approximate surface area is 145 Å². The van der Waals surface area contributed by atoms with Gasteiger partial charge in [-0.25, -0.2) is 0 Å². The van der Waals surface area contributed by atoms with Gasteiger partial charge in [0.2, 0.25) is 0 Å². The maximum absolute atomic E-state index is 3.54. The van der Waals surface area contributed by atoms with E-state index in [1.807, 2.05) is 0 Å². The van der Waals surface area contributed by atoms with Crippen LogP contribution in [0.15, 0.2) is 54.6 Å². The van der Waals surface area contributed by atoms with Crippen LogP contribution in [0.2, 0.25) is 0 Å². The number of piperidine rings is 1. The Morgan fingerprint density at radius 3 is 2.17 bits per heavy atom. The molecular formula is C22H28N2. The van der Waals surface area contributed by atoms with Gasteiger partial charge in [-0.05, 0) is 56.5 Å². The molecule has 2 aliphatic heterocycles. The summed E-state index contributed by atoms with van der Waals surface area (Å²) in [6.07, 6.45) is 2.61. The summed E-state index contributed by atoms with van der Waals surface area (Å²) in [4.78, 5) is 2.68. The molecule has 2 heteroatoms. The third-order valence-corrected chi connectivity index (χ3v) is 6.01. The van der Waals surface area contributed by atoms with Crippen molar-refractivity contribution in [2.75, 3.05) is 19.6 Å². The van der Waals surface area contributed by atoms with E-state index >= 15 is 0 Å². The molecule has 2 saturated heterocycles. The number of likely N-dealkylation sites (tertiary alicyclic amines) is 1. The van der Waals surface area contributed by atoms with Gasteiger partial charge in [0.05, 0.1) is 0 Å². The van der Waals surface area contributed by atoms with Crippen LogP contribution in [-0.2, 0) is 0 Å². The fourth-order valence-electron chi connectivity index (χ4n) is 4.65. The van der Waals surface area contributed by atoms with Gasteiger partial charge in [-0.3, -0.25) is 4.90 Å². The molecule has 1 spiro atoms. The molecule has 0 bridgehead atoms. The molecule has 1 N–H and O–H groups in total. The van der Waals surface area contributed by atoms with E-state index < -0.39 is 0 Å². The minimum atomic E-state index is 0.490. The van der Waals surface area contributed by atoms with E-state index in [0.29, 0.717) is 17.5 Å². The molecule has 126 valence electrons. The summed E-state index contributed by atoms with van der Waals surface area (Å²) >= 11 is 0. The third-order valence-electron chi connectivity index (χ3n) is 6.01. The highest BCUT2D eigenvalue weighted by atomic mass is 15.3. The number of rotatable bonds is 3. The number of nitrogens with one attached hydrogen (secondary N) is 1. The van der Waals surface area contributed by atoms with Crippen LogP contribution in [0.25, 0.3) is 11.1 Å². The largest absolute Gasteiger partial charge is 0.317 e. The predicted molar refractivity (Wildman–Crippen MR) is 101 cm³/mol. The Morgan fingerprint density at radius 2 is 1.54 bits per heavy atom. The van der Waals surface area contributed by atoms with Gasteiger partial charge in [-0.2, -0.15) is 0 Å². The number of hydrogen-bond donors (Lipinski definition) is 1. The lowest BCUT2D eigenvalue weighted by atomic mass is 9.63. The third kappa shape index (κ3) is 2.68. The van der Waals surface area contributed by atoms with Crippen LogP contribution in [0.4, 0.5) is 0 Å². The van der Waals surface area contributed by atoms with E-state index in [9.17, 15) is 0 Å². The molecule has 2 aromatic rings. The summed E-state index contributed by atoms with van der Waals surface area (Å²) in [7, 11) is 0. The number of benzene rings is 2. The van der Waals surface area contributed by atoms with Crippen LogP contribution in [-0.4, -0.2) is 30.6 Å². The van der Waals surface area contributed by atoms with E-state index in [2.05, 4.69) is 78.7 Å². The number of hydrogen-bond acceptors (Lipinski definition) is 2. The highest BCUT2D eigenvalue weighted by Crippen LogP contribution is 2.54. The van der Waals surface area contributed by atoms with Crippen LogP contribution >= 0.6 is 0 Å². The summed E-state index contributed by atoms with van der Waals surface area (Å²) < 4.78 is 0. The Balaban J connectivity index is 1.62. The molecule has 0 amide bonds. The van der Waals surface area contributed by atoms with Crippen LogP contribution in [0, 0.1) is 5.41 Å². The minimum Gasteiger partial charge on any atom is -0.317 e. The fraction of sp³-hybridized carbons (Fsp3) is 0.455. The highest BCUT2D eigenvalue weighted by Gasteiger charge is 2.53. The molecule has 4 rings (SSSR count). The van der Waals surface area contributed by atoms with Gasteiger partial charge in [0.15, 0.2) is 0 Å². The molecule has 2 nitrogen and oxygen atoms in total. The summed E-state index contributed by atoms with van der Waals surface area (Å²) in [6, 6.07) is 21.2. The van der Waals surface area contributed by atoms with E-state index in [4.69, 9.17) is 0 Å². The van der Waals surface area contributed by atoms with Crippen molar-refractivity contribution in [1.82, 2.24) is 10.2 Å². The Hall–Kier alpha value is -1.64. The molecule has 2 heterocycles. The molecule has 24 heavy (non-hydrogen) atoms. The van der Waals surface area contributed by atoms with Gasteiger partial charge in [-0.15, -0.1) is 0 Å². The molecule has 2 aliphatic rings.